The number of nitro groups is 1. The fourth-order valence-corrected chi connectivity index (χ4v) is 1.78. The van der Waals surface area contributed by atoms with Crippen molar-refractivity contribution in [3.05, 3.63) is 39.9 Å². The van der Waals surface area contributed by atoms with E-state index in [4.69, 9.17) is 0 Å². The Morgan fingerprint density at radius 1 is 1.17 bits per heavy atom. The summed E-state index contributed by atoms with van der Waals surface area (Å²) in [5, 5.41) is 13.1. The molecule has 9 nitrogen and oxygen atoms in total. The number of nitro benzene ring substituents is 1. The molecule has 0 saturated heterocycles. The van der Waals surface area contributed by atoms with E-state index in [1.165, 1.54) is 25.1 Å². The van der Waals surface area contributed by atoms with Crippen LogP contribution in [0.1, 0.15) is 31.1 Å². The summed E-state index contributed by atoms with van der Waals surface area (Å²) >= 11 is 0. The van der Waals surface area contributed by atoms with Gasteiger partial charge in [-0.15, -0.1) is 0 Å². The molecule has 124 valence electrons. The molecule has 0 fully saturated rings. The molecule has 1 rings (SSSR count). The molecule has 0 aliphatic heterocycles. The van der Waals surface area contributed by atoms with Crippen LogP contribution in [0.3, 0.4) is 0 Å². The molecule has 0 aliphatic carbocycles. The summed E-state index contributed by atoms with van der Waals surface area (Å²) in [6.45, 7) is 4.76. The fourth-order valence-electron chi connectivity index (χ4n) is 1.78. The van der Waals surface area contributed by atoms with Gasteiger partial charge in [0.1, 0.15) is 6.04 Å². The predicted molar refractivity (Wildman–Crippen MR) is 81.1 cm³/mol. The van der Waals surface area contributed by atoms with Crippen LogP contribution >= 0.6 is 0 Å². The lowest BCUT2D eigenvalue weighted by atomic mass is 10.0. The Balaban J connectivity index is 2.71. The number of nitrogens with one attached hydrogen (secondary N) is 3. The maximum atomic E-state index is 12.0. The van der Waals surface area contributed by atoms with Crippen molar-refractivity contribution in [3.8, 4) is 0 Å². The van der Waals surface area contributed by atoms with Gasteiger partial charge in [-0.3, -0.25) is 35.3 Å². The molecule has 0 bridgehead atoms. The molecule has 1 aromatic rings. The molecular weight excluding hydrogens is 304 g/mol. The second-order valence-corrected chi connectivity index (χ2v) is 5.17. The average Bonchev–Trinajstić information content (AvgIpc) is 2.49. The first kappa shape index (κ1) is 18.1. The Hall–Kier alpha value is -2.97. The molecule has 0 aromatic heterocycles. The normalized spacial score (nSPS) is 11.5. The lowest BCUT2D eigenvalue weighted by molar-refractivity contribution is -0.384. The van der Waals surface area contributed by atoms with E-state index in [1.807, 2.05) is 0 Å². The summed E-state index contributed by atoms with van der Waals surface area (Å²) in [6.07, 6.45) is 0. The lowest BCUT2D eigenvalue weighted by Gasteiger charge is -2.20. The van der Waals surface area contributed by atoms with Crippen molar-refractivity contribution < 1.29 is 19.3 Å². The molecule has 1 aromatic carbocycles. The summed E-state index contributed by atoms with van der Waals surface area (Å²) in [7, 11) is 0. The highest BCUT2D eigenvalue weighted by Crippen LogP contribution is 2.12. The molecule has 0 heterocycles. The smallest absolute Gasteiger partial charge is 0.270 e. The molecular formula is C14H18N4O5. The van der Waals surface area contributed by atoms with Crippen LogP contribution in [0.5, 0.6) is 0 Å². The van der Waals surface area contributed by atoms with Crippen molar-refractivity contribution in [2.24, 2.45) is 5.92 Å². The minimum absolute atomic E-state index is 0.0279. The van der Waals surface area contributed by atoms with E-state index in [9.17, 15) is 24.5 Å². The summed E-state index contributed by atoms with van der Waals surface area (Å²) in [5.41, 5.74) is 4.15. The fraction of sp³-hybridized carbons (Fsp3) is 0.357. The van der Waals surface area contributed by atoms with E-state index >= 15 is 0 Å². The van der Waals surface area contributed by atoms with Crippen LogP contribution in [-0.4, -0.2) is 28.7 Å². The van der Waals surface area contributed by atoms with Gasteiger partial charge in [-0.25, -0.2) is 0 Å². The zero-order valence-electron chi connectivity index (χ0n) is 13.0. The molecule has 1 unspecified atom stereocenters. The van der Waals surface area contributed by atoms with E-state index in [1.54, 1.807) is 13.8 Å². The van der Waals surface area contributed by atoms with Crippen LogP contribution in [-0.2, 0) is 9.59 Å². The van der Waals surface area contributed by atoms with Gasteiger partial charge in [0.05, 0.1) is 4.92 Å². The number of hydrogen-bond donors (Lipinski definition) is 3. The SMILES string of the molecule is CC(=O)NC(C(=O)NNC(=O)c1cccc([N+](=O)[O-])c1)C(C)C. The largest absolute Gasteiger partial charge is 0.344 e. The van der Waals surface area contributed by atoms with Gasteiger partial charge < -0.3 is 5.32 Å². The van der Waals surface area contributed by atoms with Gasteiger partial charge in [0.15, 0.2) is 0 Å². The number of amides is 3. The second-order valence-electron chi connectivity index (χ2n) is 5.17. The summed E-state index contributed by atoms with van der Waals surface area (Å²) in [6, 6.07) is 4.28. The van der Waals surface area contributed by atoms with E-state index in [2.05, 4.69) is 16.2 Å². The monoisotopic (exact) mass is 322 g/mol. The minimum atomic E-state index is -0.807. The summed E-state index contributed by atoms with van der Waals surface area (Å²) in [4.78, 5) is 45.0. The second kappa shape index (κ2) is 7.87. The molecule has 23 heavy (non-hydrogen) atoms. The Kier molecular flexibility index (Phi) is 6.19. The number of hydrazine groups is 1. The molecule has 3 amide bonds. The number of non-ortho nitro benzene ring substituents is 1. The Bertz CT molecular complexity index is 629. The third kappa shape index (κ3) is 5.38. The van der Waals surface area contributed by atoms with Gasteiger partial charge in [-0.2, -0.15) is 0 Å². The summed E-state index contributed by atoms with van der Waals surface area (Å²) < 4.78 is 0. The van der Waals surface area contributed by atoms with E-state index < -0.39 is 22.8 Å². The number of carbonyl (C=O) groups excluding carboxylic acids is 3. The average molecular weight is 322 g/mol. The van der Waals surface area contributed by atoms with Crippen molar-refractivity contribution in [1.29, 1.82) is 0 Å². The van der Waals surface area contributed by atoms with Gasteiger partial charge in [0.25, 0.3) is 17.5 Å². The van der Waals surface area contributed by atoms with Crippen molar-refractivity contribution >= 4 is 23.4 Å². The lowest BCUT2D eigenvalue weighted by Crippen LogP contribution is -2.54. The Morgan fingerprint density at radius 2 is 1.83 bits per heavy atom. The number of nitrogens with zero attached hydrogens (tertiary/aromatic N) is 1. The Morgan fingerprint density at radius 3 is 2.35 bits per heavy atom. The predicted octanol–water partition coefficient (Wildman–Crippen LogP) is 0.516. The van der Waals surface area contributed by atoms with Crippen LogP contribution < -0.4 is 16.2 Å². The molecule has 0 aliphatic rings. The number of hydrogen-bond acceptors (Lipinski definition) is 5. The maximum Gasteiger partial charge on any atom is 0.270 e. The number of carbonyl (C=O) groups is 3. The first-order valence-corrected chi connectivity index (χ1v) is 6.84. The topological polar surface area (TPSA) is 130 Å². The zero-order chi connectivity index (χ0) is 17.6. The van der Waals surface area contributed by atoms with Gasteiger partial charge in [-0.05, 0) is 12.0 Å². The summed E-state index contributed by atoms with van der Waals surface area (Å²) in [5.74, 6) is -1.85. The van der Waals surface area contributed by atoms with Gasteiger partial charge in [0.2, 0.25) is 5.91 Å². The van der Waals surface area contributed by atoms with E-state index in [0.29, 0.717) is 0 Å². The quantitative estimate of drug-likeness (QED) is 0.537. The van der Waals surface area contributed by atoms with Crippen molar-refractivity contribution in [1.82, 2.24) is 16.2 Å². The van der Waals surface area contributed by atoms with Gasteiger partial charge in [0, 0.05) is 24.6 Å². The third-order valence-electron chi connectivity index (χ3n) is 2.93. The van der Waals surface area contributed by atoms with Crippen molar-refractivity contribution in [3.63, 3.8) is 0 Å². The van der Waals surface area contributed by atoms with Gasteiger partial charge >= 0.3 is 0 Å². The van der Waals surface area contributed by atoms with E-state index in [-0.39, 0.29) is 23.1 Å². The van der Waals surface area contributed by atoms with Crippen LogP contribution in [0.15, 0.2) is 24.3 Å². The highest BCUT2D eigenvalue weighted by atomic mass is 16.6. The molecule has 0 spiro atoms. The van der Waals surface area contributed by atoms with Crippen molar-refractivity contribution in [2.45, 2.75) is 26.8 Å². The van der Waals surface area contributed by atoms with Crippen LogP contribution in [0.4, 0.5) is 5.69 Å². The highest BCUT2D eigenvalue weighted by Gasteiger charge is 2.23. The number of benzene rings is 1. The third-order valence-corrected chi connectivity index (χ3v) is 2.93. The molecule has 1 atom stereocenters. The van der Waals surface area contributed by atoms with Crippen LogP contribution in [0.2, 0.25) is 0 Å². The Labute approximate surface area is 132 Å². The minimum Gasteiger partial charge on any atom is -0.344 e. The van der Waals surface area contributed by atoms with Crippen molar-refractivity contribution in [2.75, 3.05) is 0 Å². The highest BCUT2D eigenvalue weighted by molar-refractivity contribution is 5.96. The molecule has 9 heteroatoms. The van der Waals surface area contributed by atoms with Gasteiger partial charge in [-0.1, -0.05) is 19.9 Å². The first-order chi connectivity index (χ1) is 10.7. The standard InChI is InChI=1S/C14H18N4O5/c1-8(2)12(15-9(3)19)14(21)17-16-13(20)10-5-4-6-11(7-10)18(22)23/h4-8,12H,1-3H3,(H,15,19)(H,16,20)(H,17,21). The molecule has 0 radical (unpaired) electrons. The maximum absolute atomic E-state index is 12.0. The van der Waals surface area contributed by atoms with Crippen LogP contribution in [0.25, 0.3) is 0 Å². The number of rotatable bonds is 5. The molecule has 3 N–H and O–H groups in total. The zero-order valence-corrected chi connectivity index (χ0v) is 13.0. The molecule has 0 saturated carbocycles. The first-order valence-electron chi connectivity index (χ1n) is 6.84. The van der Waals surface area contributed by atoms with Crippen LogP contribution in [0, 0.1) is 16.0 Å². The van der Waals surface area contributed by atoms with E-state index in [0.717, 1.165) is 6.07 Å².